The molecule has 21 heavy (non-hydrogen) atoms. The lowest BCUT2D eigenvalue weighted by molar-refractivity contribution is 1.14. The van der Waals surface area contributed by atoms with Crippen molar-refractivity contribution in [1.29, 1.82) is 0 Å². The maximum absolute atomic E-state index is 6.31. The summed E-state index contributed by atoms with van der Waals surface area (Å²) < 4.78 is 0.878. The van der Waals surface area contributed by atoms with Gasteiger partial charge >= 0.3 is 0 Å². The van der Waals surface area contributed by atoms with Crippen LogP contribution in [-0.4, -0.2) is 15.0 Å². The molecule has 0 saturated heterocycles. The molecule has 0 bridgehead atoms. The Bertz CT molecular complexity index is 771. The molecular weight excluding hydrogens is 373 g/mol. The van der Waals surface area contributed by atoms with Crippen molar-refractivity contribution in [3.05, 3.63) is 63.4 Å². The Labute approximate surface area is 140 Å². The fourth-order valence-electron chi connectivity index (χ4n) is 1.90. The number of benzene rings is 1. The fourth-order valence-corrected chi connectivity index (χ4v) is 2.98. The van der Waals surface area contributed by atoms with Crippen LogP contribution in [0.5, 0.6) is 0 Å². The molecule has 0 aliphatic carbocycles. The molecule has 0 N–H and O–H groups in total. The SMILES string of the molecule is Clc1nc(-c2ccccn2)nc(Cl)c1-c1ccccc1Br. The monoisotopic (exact) mass is 379 g/mol. The minimum absolute atomic E-state index is 0.294. The van der Waals surface area contributed by atoms with E-state index < -0.39 is 0 Å². The van der Waals surface area contributed by atoms with E-state index >= 15 is 0 Å². The van der Waals surface area contributed by atoms with E-state index in [1.54, 1.807) is 12.3 Å². The number of hydrogen-bond donors (Lipinski definition) is 0. The molecular formula is C15H8BrCl2N3. The second-order valence-electron chi connectivity index (χ2n) is 4.20. The van der Waals surface area contributed by atoms with Gasteiger partial charge in [0.2, 0.25) is 0 Å². The van der Waals surface area contributed by atoms with Crippen molar-refractivity contribution in [3.63, 3.8) is 0 Å². The van der Waals surface area contributed by atoms with Crippen molar-refractivity contribution in [1.82, 2.24) is 15.0 Å². The molecule has 0 saturated carbocycles. The van der Waals surface area contributed by atoms with Crippen LogP contribution in [0.15, 0.2) is 53.1 Å². The lowest BCUT2D eigenvalue weighted by Crippen LogP contribution is -1.96. The molecule has 3 nitrogen and oxygen atoms in total. The Morgan fingerprint density at radius 3 is 2.14 bits per heavy atom. The minimum atomic E-state index is 0.294. The van der Waals surface area contributed by atoms with Gasteiger partial charge < -0.3 is 0 Å². The molecule has 104 valence electrons. The Morgan fingerprint density at radius 2 is 1.52 bits per heavy atom. The first-order chi connectivity index (χ1) is 10.2. The zero-order valence-corrected chi connectivity index (χ0v) is 13.7. The molecule has 2 heterocycles. The van der Waals surface area contributed by atoms with E-state index in [0.717, 1.165) is 10.0 Å². The van der Waals surface area contributed by atoms with Crippen LogP contribution in [0.3, 0.4) is 0 Å². The maximum atomic E-state index is 6.31. The Hall–Kier alpha value is -1.49. The molecule has 0 amide bonds. The first-order valence-corrected chi connectivity index (χ1v) is 7.61. The highest BCUT2D eigenvalue weighted by atomic mass is 79.9. The van der Waals surface area contributed by atoms with E-state index in [1.807, 2.05) is 36.4 Å². The molecule has 0 radical (unpaired) electrons. The highest BCUT2D eigenvalue weighted by Crippen LogP contribution is 2.37. The second kappa shape index (κ2) is 6.10. The molecule has 3 rings (SSSR count). The lowest BCUT2D eigenvalue weighted by atomic mass is 10.1. The summed E-state index contributed by atoms with van der Waals surface area (Å²) in [4.78, 5) is 12.8. The molecule has 1 aromatic carbocycles. The van der Waals surface area contributed by atoms with Gasteiger partial charge in [0, 0.05) is 16.2 Å². The third-order valence-corrected chi connectivity index (χ3v) is 4.10. The van der Waals surface area contributed by atoms with Gasteiger partial charge in [0.05, 0.1) is 5.56 Å². The summed E-state index contributed by atoms with van der Waals surface area (Å²) >= 11 is 16.1. The van der Waals surface area contributed by atoms with Crippen molar-refractivity contribution >= 4 is 39.1 Å². The van der Waals surface area contributed by atoms with Crippen molar-refractivity contribution in [2.45, 2.75) is 0 Å². The van der Waals surface area contributed by atoms with Crippen LogP contribution < -0.4 is 0 Å². The number of nitrogens with zero attached hydrogens (tertiary/aromatic N) is 3. The van der Waals surface area contributed by atoms with Gasteiger partial charge in [-0.15, -0.1) is 0 Å². The summed E-state index contributed by atoms with van der Waals surface area (Å²) in [7, 11) is 0. The van der Waals surface area contributed by atoms with E-state index in [0.29, 0.717) is 27.4 Å². The highest BCUT2D eigenvalue weighted by Gasteiger charge is 2.16. The topological polar surface area (TPSA) is 38.7 Å². The smallest absolute Gasteiger partial charge is 0.181 e. The number of pyridine rings is 1. The second-order valence-corrected chi connectivity index (χ2v) is 5.77. The van der Waals surface area contributed by atoms with E-state index in [9.17, 15) is 0 Å². The number of aromatic nitrogens is 3. The maximum Gasteiger partial charge on any atom is 0.181 e. The summed E-state index contributed by atoms with van der Waals surface area (Å²) in [6, 6.07) is 13.1. The molecule has 0 fully saturated rings. The van der Waals surface area contributed by atoms with Crippen molar-refractivity contribution in [3.8, 4) is 22.6 Å². The van der Waals surface area contributed by atoms with Gasteiger partial charge in [-0.2, -0.15) is 0 Å². The third kappa shape index (κ3) is 2.93. The van der Waals surface area contributed by atoms with Gasteiger partial charge in [0.25, 0.3) is 0 Å². The number of hydrogen-bond acceptors (Lipinski definition) is 3. The lowest BCUT2D eigenvalue weighted by Gasteiger charge is -2.09. The molecule has 0 aliphatic rings. The summed E-state index contributed by atoms with van der Waals surface area (Å²) in [6.07, 6.45) is 1.67. The summed E-state index contributed by atoms with van der Waals surface area (Å²) in [6.45, 7) is 0. The zero-order chi connectivity index (χ0) is 14.8. The zero-order valence-electron chi connectivity index (χ0n) is 10.6. The first-order valence-electron chi connectivity index (χ1n) is 6.06. The summed E-state index contributed by atoms with van der Waals surface area (Å²) in [5.41, 5.74) is 2.07. The Balaban J connectivity index is 2.16. The fraction of sp³-hybridized carbons (Fsp3) is 0. The molecule has 0 atom stereocenters. The largest absolute Gasteiger partial charge is 0.253 e. The van der Waals surface area contributed by atoms with Crippen LogP contribution >= 0.6 is 39.1 Å². The van der Waals surface area contributed by atoms with Gasteiger partial charge in [-0.3, -0.25) is 4.98 Å². The van der Waals surface area contributed by atoms with Crippen molar-refractivity contribution in [2.24, 2.45) is 0 Å². The molecule has 2 aromatic heterocycles. The molecule has 0 unspecified atom stereocenters. The van der Waals surface area contributed by atoms with Crippen LogP contribution in [0.4, 0.5) is 0 Å². The van der Waals surface area contributed by atoms with Crippen molar-refractivity contribution in [2.75, 3.05) is 0 Å². The summed E-state index contributed by atoms with van der Waals surface area (Å²) in [5.74, 6) is 0.404. The standard InChI is InChI=1S/C15H8BrCl2N3/c16-10-6-2-1-5-9(10)12-13(17)20-15(21-14(12)18)11-7-3-4-8-19-11/h1-8H. The summed E-state index contributed by atoms with van der Waals surface area (Å²) in [5, 5.41) is 0.588. The molecule has 3 aromatic rings. The van der Waals surface area contributed by atoms with E-state index in [-0.39, 0.29) is 0 Å². The van der Waals surface area contributed by atoms with Crippen LogP contribution in [0.1, 0.15) is 0 Å². The molecule has 0 aliphatic heterocycles. The van der Waals surface area contributed by atoms with Gasteiger partial charge in [0.15, 0.2) is 5.82 Å². The van der Waals surface area contributed by atoms with Crippen LogP contribution in [-0.2, 0) is 0 Å². The Kier molecular flexibility index (Phi) is 4.19. The number of halogens is 3. The van der Waals surface area contributed by atoms with Crippen LogP contribution in [0.25, 0.3) is 22.6 Å². The quantitative estimate of drug-likeness (QED) is 0.568. The van der Waals surface area contributed by atoms with Crippen LogP contribution in [0, 0.1) is 0 Å². The average molecular weight is 381 g/mol. The normalized spacial score (nSPS) is 10.6. The van der Waals surface area contributed by atoms with Gasteiger partial charge in [-0.05, 0) is 18.2 Å². The van der Waals surface area contributed by atoms with Gasteiger partial charge in [-0.1, -0.05) is 63.4 Å². The predicted molar refractivity (Wildman–Crippen MR) is 88.4 cm³/mol. The molecule has 6 heteroatoms. The predicted octanol–water partition coefficient (Wildman–Crippen LogP) is 5.27. The highest BCUT2D eigenvalue weighted by molar-refractivity contribution is 9.10. The Morgan fingerprint density at radius 1 is 0.857 bits per heavy atom. The van der Waals surface area contributed by atoms with Gasteiger partial charge in [0.1, 0.15) is 16.0 Å². The average Bonchev–Trinajstić information content (AvgIpc) is 2.49. The first kappa shape index (κ1) is 14.4. The third-order valence-electron chi connectivity index (χ3n) is 2.86. The van der Waals surface area contributed by atoms with Crippen LogP contribution in [0.2, 0.25) is 10.3 Å². The van der Waals surface area contributed by atoms with E-state index in [2.05, 4.69) is 30.9 Å². The van der Waals surface area contributed by atoms with Crippen molar-refractivity contribution < 1.29 is 0 Å². The van der Waals surface area contributed by atoms with E-state index in [4.69, 9.17) is 23.2 Å². The van der Waals surface area contributed by atoms with Gasteiger partial charge in [-0.25, -0.2) is 9.97 Å². The van der Waals surface area contributed by atoms with E-state index in [1.165, 1.54) is 0 Å². The molecule has 0 spiro atoms. The number of rotatable bonds is 2. The minimum Gasteiger partial charge on any atom is -0.253 e.